The Morgan fingerprint density at radius 2 is 1.59 bits per heavy atom. The summed E-state index contributed by atoms with van der Waals surface area (Å²) in [5.74, 6) is 1.63. The molecule has 0 saturated carbocycles. The number of carbonyl (C=O) groups excluding carboxylic acids is 1. The summed E-state index contributed by atoms with van der Waals surface area (Å²) in [7, 11) is 3.30. The van der Waals surface area contributed by atoms with E-state index >= 15 is 0 Å². The quantitative estimate of drug-likeness (QED) is 0.865. The van der Waals surface area contributed by atoms with E-state index < -0.39 is 5.41 Å². The molecule has 0 aromatic heterocycles. The number of nitrogens with one attached hydrogen (secondary N) is 1. The average Bonchev–Trinajstić information content (AvgIpc) is 2.68. The molecule has 144 valence electrons. The van der Waals surface area contributed by atoms with Crippen LogP contribution >= 0.6 is 0 Å². The topological polar surface area (TPSA) is 56.8 Å². The molecule has 0 aliphatic carbocycles. The zero-order chi connectivity index (χ0) is 19.4. The number of aryl methyl sites for hydroxylation is 2. The zero-order valence-corrected chi connectivity index (χ0v) is 16.4. The molecule has 1 N–H and O–H groups in total. The Kier molecular flexibility index (Phi) is 5.71. The van der Waals surface area contributed by atoms with Crippen molar-refractivity contribution in [1.29, 1.82) is 0 Å². The maximum absolute atomic E-state index is 13.4. The number of benzene rings is 2. The van der Waals surface area contributed by atoms with Gasteiger partial charge in [-0.25, -0.2) is 0 Å². The molecule has 1 aliphatic rings. The van der Waals surface area contributed by atoms with Crippen LogP contribution in [0.25, 0.3) is 0 Å². The number of hydrogen-bond donors (Lipinski definition) is 1. The van der Waals surface area contributed by atoms with Crippen molar-refractivity contribution in [3.05, 3.63) is 53.1 Å². The van der Waals surface area contributed by atoms with Gasteiger partial charge >= 0.3 is 0 Å². The molecule has 1 saturated heterocycles. The molecular formula is C22H27NO4. The number of amides is 1. The highest BCUT2D eigenvalue weighted by molar-refractivity contribution is 5.99. The van der Waals surface area contributed by atoms with E-state index in [4.69, 9.17) is 14.2 Å². The lowest BCUT2D eigenvalue weighted by molar-refractivity contribution is -0.125. The van der Waals surface area contributed by atoms with Crippen LogP contribution in [-0.4, -0.2) is 33.3 Å². The molecule has 3 rings (SSSR count). The fraction of sp³-hybridized carbons (Fsp3) is 0.409. The Hall–Kier alpha value is -2.53. The van der Waals surface area contributed by atoms with E-state index in [-0.39, 0.29) is 5.91 Å². The molecule has 0 unspecified atom stereocenters. The molecule has 0 radical (unpaired) electrons. The van der Waals surface area contributed by atoms with E-state index in [0.29, 0.717) is 26.1 Å². The van der Waals surface area contributed by atoms with Crippen molar-refractivity contribution < 1.29 is 19.0 Å². The highest BCUT2D eigenvalue weighted by Crippen LogP contribution is 2.37. The molecule has 1 fully saturated rings. The third-order valence-corrected chi connectivity index (χ3v) is 5.35. The van der Waals surface area contributed by atoms with Crippen LogP contribution in [0.2, 0.25) is 0 Å². The highest BCUT2D eigenvalue weighted by Gasteiger charge is 2.41. The van der Waals surface area contributed by atoms with Gasteiger partial charge in [0.2, 0.25) is 5.91 Å². The molecule has 2 aromatic rings. The van der Waals surface area contributed by atoms with Gasteiger partial charge in [0.15, 0.2) is 0 Å². The SMILES string of the molecule is COc1ccc(C2(C(=O)Nc3cc(C)c(OC)c(C)c3)CCOCC2)cc1. The van der Waals surface area contributed by atoms with Gasteiger partial charge in [-0.1, -0.05) is 12.1 Å². The van der Waals surface area contributed by atoms with Crippen molar-refractivity contribution in [3.8, 4) is 11.5 Å². The molecule has 5 heteroatoms. The second-order valence-corrected chi connectivity index (χ2v) is 7.02. The Morgan fingerprint density at radius 3 is 2.11 bits per heavy atom. The third-order valence-electron chi connectivity index (χ3n) is 5.35. The minimum atomic E-state index is -0.605. The Balaban J connectivity index is 1.92. The zero-order valence-electron chi connectivity index (χ0n) is 16.4. The summed E-state index contributed by atoms with van der Waals surface area (Å²) < 4.78 is 16.2. The van der Waals surface area contributed by atoms with Crippen molar-refractivity contribution in [2.45, 2.75) is 32.1 Å². The number of rotatable bonds is 5. The largest absolute Gasteiger partial charge is 0.497 e. The van der Waals surface area contributed by atoms with Crippen LogP contribution in [0.5, 0.6) is 11.5 Å². The van der Waals surface area contributed by atoms with E-state index in [1.54, 1.807) is 14.2 Å². The minimum Gasteiger partial charge on any atom is -0.497 e. The van der Waals surface area contributed by atoms with Crippen LogP contribution in [0.15, 0.2) is 36.4 Å². The van der Waals surface area contributed by atoms with Gasteiger partial charge < -0.3 is 19.5 Å². The van der Waals surface area contributed by atoms with Gasteiger partial charge in [-0.3, -0.25) is 4.79 Å². The summed E-state index contributed by atoms with van der Waals surface area (Å²) in [5, 5.41) is 3.13. The van der Waals surface area contributed by atoms with Crippen LogP contribution in [0.4, 0.5) is 5.69 Å². The normalized spacial score (nSPS) is 15.9. The maximum Gasteiger partial charge on any atom is 0.235 e. The maximum atomic E-state index is 13.4. The fourth-order valence-electron chi connectivity index (χ4n) is 3.87. The van der Waals surface area contributed by atoms with Gasteiger partial charge in [0.05, 0.1) is 19.6 Å². The Labute approximate surface area is 160 Å². The molecule has 2 aromatic carbocycles. The number of carbonyl (C=O) groups is 1. The van der Waals surface area contributed by atoms with Crippen molar-refractivity contribution >= 4 is 11.6 Å². The van der Waals surface area contributed by atoms with E-state index in [2.05, 4.69) is 5.32 Å². The second-order valence-electron chi connectivity index (χ2n) is 7.02. The fourth-order valence-corrected chi connectivity index (χ4v) is 3.87. The summed E-state index contributed by atoms with van der Waals surface area (Å²) in [6, 6.07) is 11.7. The number of hydrogen-bond acceptors (Lipinski definition) is 4. The van der Waals surface area contributed by atoms with Gasteiger partial charge in [0.1, 0.15) is 11.5 Å². The van der Waals surface area contributed by atoms with Crippen LogP contribution < -0.4 is 14.8 Å². The van der Waals surface area contributed by atoms with Gasteiger partial charge in [-0.05, 0) is 67.6 Å². The molecule has 0 bridgehead atoms. The summed E-state index contributed by atoms with van der Waals surface area (Å²) in [4.78, 5) is 13.4. The van der Waals surface area contributed by atoms with Crippen LogP contribution in [-0.2, 0) is 14.9 Å². The number of methoxy groups -OCH3 is 2. The lowest BCUT2D eigenvalue weighted by atomic mass is 9.73. The van der Waals surface area contributed by atoms with Gasteiger partial charge in [0.25, 0.3) is 0 Å². The smallest absolute Gasteiger partial charge is 0.235 e. The number of ether oxygens (including phenoxy) is 3. The van der Waals surface area contributed by atoms with Crippen LogP contribution in [0, 0.1) is 13.8 Å². The predicted octanol–water partition coefficient (Wildman–Crippen LogP) is 4.01. The van der Waals surface area contributed by atoms with Crippen molar-refractivity contribution in [2.75, 3.05) is 32.8 Å². The highest BCUT2D eigenvalue weighted by atomic mass is 16.5. The van der Waals surface area contributed by atoms with Crippen molar-refractivity contribution in [2.24, 2.45) is 0 Å². The molecular weight excluding hydrogens is 342 g/mol. The first kappa shape index (κ1) is 19.2. The van der Waals surface area contributed by atoms with E-state index in [9.17, 15) is 4.79 Å². The summed E-state index contributed by atoms with van der Waals surface area (Å²) >= 11 is 0. The minimum absolute atomic E-state index is 0.0000614. The van der Waals surface area contributed by atoms with E-state index in [1.807, 2.05) is 50.2 Å². The van der Waals surface area contributed by atoms with Gasteiger partial charge in [-0.15, -0.1) is 0 Å². The monoisotopic (exact) mass is 369 g/mol. The molecule has 0 spiro atoms. The molecule has 1 aliphatic heterocycles. The van der Waals surface area contributed by atoms with E-state index in [0.717, 1.165) is 33.9 Å². The standard InChI is InChI=1S/C22H27NO4/c1-15-13-18(14-16(2)20(15)26-4)23-21(24)22(9-11-27-12-10-22)17-5-7-19(25-3)8-6-17/h5-8,13-14H,9-12H2,1-4H3,(H,23,24). The Bertz CT molecular complexity index is 785. The third kappa shape index (κ3) is 3.78. The van der Waals surface area contributed by atoms with Crippen LogP contribution in [0.3, 0.4) is 0 Å². The summed E-state index contributed by atoms with van der Waals surface area (Å²) in [6.45, 7) is 5.10. The average molecular weight is 369 g/mol. The summed E-state index contributed by atoms with van der Waals surface area (Å²) in [6.07, 6.45) is 1.30. The second kappa shape index (κ2) is 8.01. The van der Waals surface area contributed by atoms with Crippen molar-refractivity contribution in [1.82, 2.24) is 0 Å². The molecule has 0 atom stereocenters. The number of anilines is 1. The Morgan fingerprint density at radius 1 is 1.00 bits per heavy atom. The lowest BCUT2D eigenvalue weighted by Crippen LogP contribution is -2.44. The van der Waals surface area contributed by atoms with Gasteiger partial charge in [-0.2, -0.15) is 0 Å². The first-order valence-electron chi connectivity index (χ1n) is 9.19. The molecule has 1 heterocycles. The lowest BCUT2D eigenvalue weighted by Gasteiger charge is -2.36. The van der Waals surface area contributed by atoms with E-state index in [1.165, 1.54) is 0 Å². The molecule has 1 amide bonds. The first-order valence-corrected chi connectivity index (χ1v) is 9.19. The van der Waals surface area contributed by atoms with Crippen LogP contribution in [0.1, 0.15) is 29.5 Å². The molecule has 5 nitrogen and oxygen atoms in total. The predicted molar refractivity (Wildman–Crippen MR) is 106 cm³/mol. The van der Waals surface area contributed by atoms with Gasteiger partial charge in [0, 0.05) is 18.9 Å². The first-order chi connectivity index (χ1) is 13.0. The summed E-state index contributed by atoms with van der Waals surface area (Å²) in [5.41, 5.74) is 3.17. The molecule has 27 heavy (non-hydrogen) atoms. The van der Waals surface area contributed by atoms with Crippen molar-refractivity contribution in [3.63, 3.8) is 0 Å².